The normalized spacial score (nSPS) is 17.0. The maximum absolute atomic E-state index is 12.8. The second-order valence-corrected chi connectivity index (χ2v) is 3.96. The maximum atomic E-state index is 12.8. The van der Waals surface area contributed by atoms with E-state index in [2.05, 4.69) is 14.8 Å². The van der Waals surface area contributed by atoms with E-state index in [0.717, 1.165) is 0 Å². The number of aliphatic hydroxyl groups excluding tert-OH is 1. The van der Waals surface area contributed by atoms with Gasteiger partial charge < -0.3 is 25.0 Å². The van der Waals surface area contributed by atoms with Gasteiger partial charge in [-0.25, -0.2) is 0 Å². The number of aliphatic hydroxyl groups is 1. The molecule has 0 aromatic heterocycles. The van der Waals surface area contributed by atoms with Gasteiger partial charge in [0.05, 0.1) is 12.5 Å². The van der Waals surface area contributed by atoms with E-state index in [1.54, 1.807) is 0 Å². The number of hydrogen-bond acceptors (Lipinski definition) is 5. The van der Waals surface area contributed by atoms with Crippen molar-refractivity contribution in [3.05, 3.63) is 18.2 Å². The van der Waals surface area contributed by atoms with Gasteiger partial charge in [0.1, 0.15) is 0 Å². The smallest absolute Gasteiger partial charge is 0.481 e. The van der Waals surface area contributed by atoms with Crippen LogP contribution in [0.5, 0.6) is 11.5 Å². The van der Waals surface area contributed by atoms with Crippen LogP contribution >= 0.6 is 0 Å². The molecule has 1 aromatic carbocycles. The van der Waals surface area contributed by atoms with Gasteiger partial charge >= 0.3 is 12.3 Å². The van der Waals surface area contributed by atoms with Crippen molar-refractivity contribution in [1.82, 2.24) is 0 Å². The zero-order valence-corrected chi connectivity index (χ0v) is 9.60. The third kappa shape index (κ3) is 3.44. The molecule has 8 heteroatoms. The van der Waals surface area contributed by atoms with Crippen LogP contribution in [0.2, 0.25) is 0 Å². The maximum Gasteiger partial charge on any atom is 0.586 e. The Morgan fingerprint density at radius 2 is 2.05 bits per heavy atom. The first-order valence-corrected chi connectivity index (χ1v) is 5.39. The summed E-state index contributed by atoms with van der Waals surface area (Å²) in [4.78, 5) is 10.3. The van der Waals surface area contributed by atoms with Gasteiger partial charge in [0, 0.05) is 18.3 Å². The second-order valence-electron chi connectivity index (χ2n) is 3.96. The highest BCUT2D eigenvalue weighted by molar-refractivity contribution is 5.67. The van der Waals surface area contributed by atoms with Crippen molar-refractivity contribution in [2.24, 2.45) is 0 Å². The van der Waals surface area contributed by atoms with Gasteiger partial charge in [-0.15, -0.1) is 8.78 Å². The molecule has 0 radical (unpaired) electrons. The van der Waals surface area contributed by atoms with Crippen molar-refractivity contribution in [3.8, 4) is 11.5 Å². The lowest BCUT2D eigenvalue weighted by Gasteiger charge is -2.11. The monoisotopic (exact) mass is 275 g/mol. The number of carboxylic acid groups (broad SMARTS) is 1. The third-order valence-electron chi connectivity index (χ3n) is 2.35. The van der Waals surface area contributed by atoms with Gasteiger partial charge in [-0.05, 0) is 12.1 Å². The summed E-state index contributed by atoms with van der Waals surface area (Å²) in [6.07, 6.45) is -5.16. The molecule has 104 valence electrons. The summed E-state index contributed by atoms with van der Waals surface area (Å²) in [5, 5.41) is 20.5. The number of ether oxygens (including phenoxy) is 2. The Balaban J connectivity index is 1.95. The fraction of sp³-hybridized carbons (Fsp3) is 0.364. The number of alkyl halides is 2. The molecule has 1 aliphatic rings. The topological polar surface area (TPSA) is 88.0 Å². The highest BCUT2D eigenvalue weighted by atomic mass is 19.3. The van der Waals surface area contributed by atoms with Gasteiger partial charge in [-0.3, -0.25) is 4.79 Å². The van der Waals surface area contributed by atoms with Gasteiger partial charge in [-0.1, -0.05) is 0 Å². The van der Waals surface area contributed by atoms with Crippen LogP contribution in [0, 0.1) is 0 Å². The fourth-order valence-electron chi connectivity index (χ4n) is 1.57. The molecule has 3 N–H and O–H groups in total. The summed E-state index contributed by atoms with van der Waals surface area (Å²) in [6, 6.07) is 4.03. The number of carbonyl (C=O) groups is 1. The minimum absolute atomic E-state index is 0.0255. The predicted octanol–water partition coefficient (Wildman–Crippen LogP) is 1.26. The summed E-state index contributed by atoms with van der Waals surface area (Å²) >= 11 is 0. The second kappa shape index (κ2) is 4.88. The highest BCUT2D eigenvalue weighted by Crippen LogP contribution is 2.42. The number of halogens is 2. The molecule has 2 rings (SSSR count). The Kier molecular flexibility index (Phi) is 3.43. The number of anilines is 1. The van der Waals surface area contributed by atoms with E-state index < -0.39 is 24.8 Å². The van der Waals surface area contributed by atoms with E-state index in [1.165, 1.54) is 18.2 Å². The number of fused-ring (bicyclic) bond motifs is 1. The average Bonchev–Trinajstić information content (AvgIpc) is 2.58. The van der Waals surface area contributed by atoms with Crippen molar-refractivity contribution in [3.63, 3.8) is 0 Å². The molecule has 1 aliphatic heterocycles. The molecule has 0 aliphatic carbocycles. The van der Waals surface area contributed by atoms with Crippen molar-refractivity contribution in [2.75, 3.05) is 11.9 Å². The van der Waals surface area contributed by atoms with Crippen LogP contribution in [0.3, 0.4) is 0 Å². The zero-order chi connectivity index (χ0) is 14.0. The third-order valence-corrected chi connectivity index (χ3v) is 2.35. The summed E-state index contributed by atoms with van der Waals surface area (Å²) in [5.74, 6) is -1.33. The molecule has 0 spiro atoms. The van der Waals surface area contributed by atoms with Crippen molar-refractivity contribution >= 4 is 11.7 Å². The fourth-order valence-corrected chi connectivity index (χ4v) is 1.57. The van der Waals surface area contributed by atoms with Crippen molar-refractivity contribution < 1.29 is 33.3 Å². The van der Waals surface area contributed by atoms with Crippen LogP contribution in [0.4, 0.5) is 14.5 Å². The van der Waals surface area contributed by atoms with E-state index in [9.17, 15) is 18.7 Å². The van der Waals surface area contributed by atoms with Crippen LogP contribution in [0.25, 0.3) is 0 Å². The first-order chi connectivity index (χ1) is 8.85. The molecule has 0 saturated carbocycles. The average molecular weight is 275 g/mol. The largest absolute Gasteiger partial charge is 0.586 e. The quantitative estimate of drug-likeness (QED) is 0.749. The van der Waals surface area contributed by atoms with Crippen LogP contribution in [0.15, 0.2) is 18.2 Å². The van der Waals surface area contributed by atoms with E-state index in [1.807, 2.05) is 0 Å². The van der Waals surface area contributed by atoms with Crippen LogP contribution in [-0.2, 0) is 4.79 Å². The van der Waals surface area contributed by atoms with Crippen molar-refractivity contribution in [1.29, 1.82) is 0 Å². The zero-order valence-electron chi connectivity index (χ0n) is 9.60. The minimum atomic E-state index is -3.68. The summed E-state index contributed by atoms with van der Waals surface area (Å²) in [7, 11) is 0. The molecule has 1 heterocycles. The number of hydrogen-bond donors (Lipinski definition) is 3. The molecule has 0 fully saturated rings. The molecule has 6 nitrogen and oxygen atoms in total. The van der Waals surface area contributed by atoms with Gasteiger partial charge in [-0.2, -0.15) is 0 Å². The molecule has 1 unspecified atom stereocenters. The first kappa shape index (κ1) is 13.3. The lowest BCUT2D eigenvalue weighted by Crippen LogP contribution is -2.25. The van der Waals surface area contributed by atoms with Crippen molar-refractivity contribution in [2.45, 2.75) is 18.8 Å². The summed E-state index contributed by atoms with van der Waals surface area (Å²) < 4.78 is 34.0. The molecule has 0 bridgehead atoms. The SMILES string of the molecule is O=C(O)CC(O)CNc1ccc2c(c1)OC(F)(F)O2. The molecular formula is C11H11F2NO5. The summed E-state index contributed by atoms with van der Waals surface area (Å²) in [5.41, 5.74) is 0.407. The predicted molar refractivity (Wildman–Crippen MR) is 59.4 cm³/mol. The molecule has 0 saturated heterocycles. The molecule has 19 heavy (non-hydrogen) atoms. The Morgan fingerprint density at radius 3 is 2.74 bits per heavy atom. The summed E-state index contributed by atoms with van der Waals surface area (Å²) in [6.45, 7) is -0.0255. The highest BCUT2D eigenvalue weighted by Gasteiger charge is 2.43. The Labute approximate surface area is 106 Å². The first-order valence-electron chi connectivity index (χ1n) is 5.39. The number of aliphatic carboxylic acids is 1. The number of carboxylic acids is 1. The molecule has 1 atom stereocenters. The van der Waals surface area contributed by atoms with Gasteiger partial charge in [0.2, 0.25) is 0 Å². The van der Waals surface area contributed by atoms with Gasteiger partial charge in [0.15, 0.2) is 11.5 Å². The lowest BCUT2D eigenvalue weighted by atomic mass is 10.2. The minimum Gasteiger partial charge on any atom is -0.481 e. The number of rotatable bonds is 5. The molecule has 1 aromatic rings. The van der Waals surface area contributed by atoms with Gasteiger partial charge in [0.25, 0.3) is 0 Å². The number of nitrogens with one attached hydrogen (secondary N) is 1. The van der Waals surface area contributed by atoms with Crippen LogP contribution in [-0.4, -0.2) is 35.1 Å². The number of benzene rings is 1. The Morgan fingerprint density at radius 1 is 1.37 bits per heavy atom. The van der Waals surface area contributed by atoms with Crippen LogP contribution < -0.4 is 14.8 Å². The molecular weight excluding hydrogens is 264 g/mol. The van der Waals surface area contributed by atoms with E-state index in [-0.39, 0.29) is 18.0 Å². The molecule has 0 amide bonds. The van der Waals surface area contributed by atoms with Crippen LogP contribution in [0.1, 0.15) is 6.42 Å². The standard InChI is InChI=1S/C11H11F2NO5/c12-11(13)18-8-2-1-6(3-9(8)19-11)14-5-7(15)4-10(16)17/h1-3,7,14-15H,4-5H2,(H,16,17). The Bertz CT molecular complexity index is 494. The Hall–Kier alpha value is -2.09. The van der Waals surface area contributed by atoms with E-state index in [0.29, 0.717) is 5.69 Å². The van der Waals surface area contributed by atoms with E-state index in [4.69, 9.17) is 5.11 Å². The lowest BCUT2D eigenvalue weighted by molar-refractivity contribution is -0.286. The van der Waals surface area contributed by atoms with E-state index >= 15 is 0 Å².